The van der Waals surface area contributed by atoms with Gasteiger partial charge in [0.25, 0.3) is 11.8 Å². The molecular weight excluding hydrogens is 380 g/mol. The van der Waals surface area contributed by atoms with Crippen LogP contribution in [-0.4, -0.2) is 23.9 Å². The number of hydrogen-bond acceptors (Lipinski definition) is 4. The number of aromatic nitrogens is 1. The Kier molecular flexibility index (Phi) is 5.82. The van der Waals surface area contributed by atoms with Gasteiger partial charge in [-0.2, -0.15) is 0 Å². The first kappa shape index (κ1) is 19.9. The van der Waals surface area contributed by atoms with Crippen molar-refractivity contribution in [2.75, 3.05) is 17.7 Å². The van der Waals surface area contributed by atoms with Crippen LogP contribution in [0.1, 0.15) is 26.4 Å². The number of halogens is 2. The Morgan fingerprint density at radius 3 is 2.45 bits per heavy atom. The Hall–Kier alpha value is -3.81. The molecule has 0 saturated carbocycles. The highest BCUT2D eigenvalue weighted by Gasteiger charge is 2.15. The fraction of sp³-hybridized carbons (Fsp3) is 0.0952. The molecule has 8 heteroatoms. The van der Waals surface area contributed by atoms with Crippen molar-refractivity contribution in [3.63, 3.8) is 0 Å². The molecule has 0 aliphatic heterocycles. The van der Waals surface area contributed by atoms with Gasteiger partial charge in [0.05, 0.1) is 12.8 Å². The number of anilines is 2. The van der Waals surface area contributed by atoms with Crippen LogP contribution >= 0.6 is 0 Å². The molecule has 6 nitrogen and oxygen atoms in total. The zero-order chi connectivity index (χ0) is 21.0. The largest absolute Gasteiger partial charge is 0.495 e. The normalized spacial score (nSPS) is 10.3. The molecule has 0 aliphatic carbocycles. The van der Waals surface area contributed by atoms with E-state index in [0.717, 1.165) is 17.7 Å². The van der Waals surface area contributed by atoms with Gasteiger partial charge in [-0.25, -0.2) is 8.78 Å². The van der Waals surface area contributed by atoms with Crippen molar-refractivity contribution in [2.45, 2.75) is 6.92 Å². The van der Waals surface area contributed by atoms with Gasteiger partial charge in [-0.15, -0.1) is 0 Å². The molecule has 0 aliphatic rings. The number of hydrogen-bond donors (Lipinski definition) is 2. The lowest BCUT2D eigenvalue weighted by Crippen LogP contribution is -2.17. The quantitative estimate of drug-likeness (QED) is 0.677. The summed E-state index contributed by atoms with van der Waals surface area (Å²) in [4.78, 5) is 28.9. The number of aryl methyl sites for hydroxylation is 1. The fourth-order valence-corrected chi connectivity index (χ4v) is 2.58. The van der Waals surface area contributed by atoms with E-state index in [1.165, 1.54) is 31.5 Å². The van der Waals surface area contributed by atoms with Crippen LogP contribution in [0, 0.1) is 18.6 Å². The first-order valence-corrected chi connectivity index (χ1v) is 8.56. The summed E-state index contributed by atoms with van der Waals surface area (Å²) in [6, 6.07) is 11.1. The van der Waals surface area contributed by atoms with Crippen molar-refractivity contribution < 1.29 is 23.1 Å². The third kappa shape index (κ3) is 4.73. The maximum atomic E-state index is 13.3. The SMILES string of the molecule is COc1ccc(C)cc1NC(=O)c1ccnc(C(=O)Nc2ccc(F)c(F)c2)c1. The third-order valence-electron chi connectivity index (χ3n) is 4.04. The summed E-state index contributed by atoms with van der Waals surface area (Å²) in [5.41, 5.74) is 1.62. The van der Waals surface area contributed by atoms with Gasteiger partial charge in [0.2, 0.25) is 0 Å². The molecule has 2 aromatic carbocycles. The molecule has 3 rings (SSSR count). The van der Waals surface area contributed by atoms with Gasteiger partial charge in [-0.3, -0.25) is 14.6 Å². The molecule has 1 aromatic heterocycles. The number of pyridine rings is 1. The highest BCUT2D eigenvalue weighted by Crippen LogP contribution is 2.25. The highest BCUT2D eigenvalue weighted by molar-refractivity contribution is 6.08. The second-order valence-corrected chi connectivity index (χ2v) is 6.17. The average molecular weight is 397 g/mol. The van der Waals surface area contributed by atoms with E-state index in [0.29, 0.717) is 11.4 Å². The van der Waals surface area contributed by atoms with E-state index >= 15 is 0 Å². The van der Waals surface area contributed by atoms with Crippen molar-refractivity contribution in [3.8, 4) is 5.75 Å². The van der Waals surface area contributed by atoms with Gasteiger partial charge in [0.1, 0.15) is 11.4 Å². The number of carbonyl (C=O) groups excluding carboxylic acids is 2. The molecule has 0 spiro atoms. The topological polar surface area (TPSA) is 80.3 Å². The molecule has 0 radical (unpaired) electrons. The van der Waals surface area contributed by atoms with Crippen LogP contribution in [0.15, 0.2) is 54.7 Å². The van der Waals surface area contributed by atoms with Crippen LogP contribution in [0.5, 0.6) is 5.75 Å². The molecular formula is C21H17F2N3O3. The summed E-state index contributed by atoms with van der Waals surface area (Å²) in [5, 5.41) is 5.14. The number of rotatable bonds is 5. The van der Waals surface area contributed by atoms with E-state index in [1.807, 2.05) is 13.0 Å². The number of methoxy groups -OCH3 is 1. The lowest BCUT2D eigenvalue weighted by molar-refractivity contribution is 0.102. The van der Waals surface area contributed by atoms with E-state index in [9.17, 15) is 18.4 Å². The fourth-order valence-electron chi connectivity index (χ4n) is 2.58. The van der Waals surface area contributed by atoms with Crippen molar-refractivity contribution in [3.05, 3.63) is 83.2 Å². The monoisotopic (exact) mass is 397 g/mol. The second kappa shape index (κ2) is 8.47. The summed E-state index contributed by atoms with van der Waals surface area (Å²) >= 11 is 0. The number of nitrogens with one attached hydrogen (secondary N) is 2. The van der Waals surface area contributed by atoms with Gasteiger partial charge in [0.15, 0.2) is 11.6 Å². The molecule has 29 heavy (non-hydrogen) atoms. The molecule has 148 valence electrons. The second-order valence-electron chi connectivity index (χ2n) is 6.17. The van der Waals surface area contributed by atoms with Crippen LogP contribution in [0.3, 0.4) is 0 Å². The van der Waals surface area contributed by atoms with Crippen LogP contribution in [-0.2, 0) is 0 Å². The molecule has 0 unspecified atom stereocenters. The van der Waals surface area contributed by atoms with Gasteiger partial charge in [-0.05, 0) is 48.9 Å². The van der Waals surface area contributed by atoms with E-state index in [1.54, 1.807) is 12.1 Å². The van der Waals surface area contributed by atoms with E-state index in [-0.39, 0.29) is 16.9 Å². The molecule has 1 heterocycles. The third-order valence-corrected chi connectivity index (χ3v) is 4.04. The van der Waals surface area contributed by atoms with Crippen molar-refractivity contribution in [1.82, 2.24) is 4.98 Å². The van der Waals surface area contributed by atoms with Crippen LogP contribution in [0.4, 0.5) is 20.2 Å². The van der Waals surface area contributed by atoms with Crippen molar-refractivity contribution in [1.29, 1.82) is 0 Å². The number of nitrogens with zero attached hydrogens (tertiary/aromatic N) is 1. The summed E-state index contributed by atoms with van der Waals surface area (Å²) in [5.74, 6) is -2.74. The predicted octanol–water partition coefficient (Wildman–Crippen LogP) is 4.18. The van der Waals surface area contributed by atoms with Crippen molar-refractivity contribution >= 4 is 23.2 Å². The number of carbonyl (C=O) groups is 2. The molecule has 0 atom stereocenters. The van der Waals surface area contributed by atoms with Crippen LogP contribution in [0.2, 0.25) is 0 Å². The molecule has 0 saturated heterocycles. The Morgan fingerprint density at radius 1 is 0.931 bits per heavy atom. The van der Waals surface area contributed by atoms with Gasteiger partial charge in [-0.1, -0.05) is 6.07 Å². The molecule has 2 N–H and O–H groups in total. The van der Waals surface area contributed by atoms with Crippen LogP contribution < -0.4 is 15.4 Å². The maximum Gasteiger partial charge on any atom is 0.274 e. The summed E-state index contributed by atoms with van der Waals surface area (Å²) in [6.45, 7) is 1.88. The lowest BCUT2D eigenvalue weighted by atomic mass is 10.1. The Bertz CT molecular complexity index is 1090. The average Bonchev–Trinajstić information content (AvgIpc) is 2.71. The molecule has 0 fully saturated rings. The first-order valence-electron chi connectivity index (χ1n) is 8.56. The number of ether oxygens (including phenoxy) is 1. The van der Waals surface area contributed by atoms with E-state index in [4.69, 9.17) is 4.74 Å². The summed E-state index contributed by atoms with van der Waals surface area (Å²) < 4.78 is 31.5. The molecule has 2 amide bonds. The highest BCUT2D eigenvalue weighted by atomic mass is 19.2. The van der Waals surface area contributed by atoms with Crippen LogP contribution in [0.25, 0.3) is 0 Å². The maximum absolute atomic E-state index is 13.3. The predicted molar refractivity (Wildman–Crippen MR) is 104 cm³/mol. The zero-order valence-electron chi connectivity index (χ0n) is 15.6. The van der Waals surface area contributed by atoms with E-state index < -0.39 is 23.4 Å². The van der Waals surface area contributed by atoms with Gasteiger partial charge < -0.3 is 15.4 Å². The first-order chi connectivity index (χ1) is 13.9. The lowest BCUT2D eigenvalue weighted by Gasteiger charge is -2.11. The minimum atomic E-state index is -1.09. The Balaban J connectivity index is 1.78. The van der Waals surface area contributed by atoms with Gasteiger partial charge in [0, 0.05) is 23.5 Å². The summed E-state index contributed by atoms with van der Waals surface area (Å²) in [6.07, 6.45) is 1.31. The molecule has 0 bridgehead atoms. The minimum absolute atomic E-state index is 0.0569. The Labute approximate surface area is 165 Å². The standard InChI is InChI=1S/C21H17F2N3O3/c1-12-3-6-19(29-2)17(9-12)26-20(27)13-7-8-24-18(10-13)21(28)25-14-4-5-15(22)16(23)11-14/h3-11H,1-2H3,(H,25,28)(H,26,27). The number of benzene rings is 2. The van der Waals surface area contributed by atoms with E-state index in [2.05, 4.69) is 15.6 Å². The van der Waals surface area contributed by atoms with Gasteiger partial charge >= 0.3 is 0 Å². The minimum Gasteiger partial charge on any atom is -0.495 e. The molecule has 3 aromatic rings. The van der Waals surface area contributed by atoms with Crippen molar-refractivity contribution in [2.24, 2.45) is 0 Å². The zero-order valence-corrected chi connectivity index (χ0v) is 15.6. The number of amides is 2. The Morgan fingerprint density at radius 2 is 1.72 bits per heavy atom. The smallest absolute Gasteiger partial charge is 0.274 e. The summed E-state index contributed by atoms with van der Waals surface area (Å²) in [7, 11) is 1.49.